The standard InChI is InChI=1S/C9H15N3/c1-3-8-7(2)6-12-5-4-10-9(12)11-8/h4-5,7-8H,3,6H2,1-2H3,(H,10,11). The van der Waals surface area contributed by atoms with E-state index in [1.807, 2.05) is 12.4 Å². The van der Waals surface area contributed by atoms with Gasteiger partial charge in [0.1, 0.15) is 0 Å². The van der Waals surface area contributed by atoms with E-state index < -0.39 is 0 Å². The van der Waals surface area contributed by atoms with Crippen LogP contribution in [-0.4, -0.2) is 15.6 Å². The van der Waals surface area contributed by atoms with E-state index in [9.17, 15) is 0 Å². The molecule has 2 unspecified atom stereocenters. The van der Waals surface area contributed by atoms with Crippen LogP contribution >= 0.6 is 0 Å². The Morgan fingerprint density at radius 3 is 3.33 bits per heavy atom. The predicted octanol–water partition coefficient (Wildman–Crippen LogP) is 1.72. The first kappa shape index (κ1) is 7.65. The van der Waals surface area contributed by atoms with Crippen LogP contribution in [0.2, 0.25) is 0 Å². The van der Waals surface area contributed by atoms with Crippen LogP contribution < -0.4 is 5.32 Å². The number of rotatable bonds is 1. The Kier molecular flexibility index (Phi) is 1.79. The van der Waals surface area contributed by atoms with Gasteiger partial charge < -0.3 is 9.88 Å². The number of imidazole rings is 1. The molecule has 1 aliphatic heterocycles. The third-order valence-electron chi connectivity index (χ3n) is 2.64. The van der Waals surface area contributed by atoms with Gasteiger partial charge in [0.25, 0.3) is 0 Å². The van der Waals surface area contributed by atoms with Gasteiger partial charge in [0.05, 0.1) is 0 Å². The summed E-state index contributed by atoms with van der Waals surface area (Å²) in [6, 6.07) is 0.597. The topological polar surface area (TPSA) is 29.9 Å². The molecule has 66 valence electrons. The summed E-state index contributed by atoms with van der Waals surface area (Å²) >= 11 is 0. The zero-order chi connectivity index (χ0) is 8.55. The highest BCUT2D eigenvalue weighted by atomic mass is 15.2. The van der Waals surface area contributed by atoms with Crippen LogP contribution in [0.3, 0.4) is 0 Å². The molecule has 12 heavy (non-hydrogen) atoms. The fourth-order valence-corrected chi connectivity index (χ4v) is 1.85. The van der Waals surface area contributed by atoms with Crippen molar-refractivity contribution in [1.29, 1.82) is 0 Å². The summed E-state index contributed by atoms with van der Waals surface area (Å²) in [5.74, 6) is 1.73. The van der Waals surface area contributed by atoms with E-state index in [0.29, 0.717) is 12.0 Å². The molecule has 0 amide bonds. The van der Waals surface area contributed by atoms with Crippen LogP contribution in [0.15, 0.2) is 12.4 Å². The second-order valence-corrected chi connectivity index (χ2v) is 3.54. The molecule has 0 aliphatic carbocycles. The van der Waals surface area contributed by atoms with Gasteiger partial charge in [-0.3, -0.25) is 0 Å². The monoisotopic (exact) mass is 165 g/mol. The van der Waals surface area contributed by atoms with Crippen molar-refractivity contribution in [3.05, 3.63) is 12.4 Å². The number of anilines is 1. The second-order valence-electron chi connectivity index (χ2n) is 3.54. The average Bonchev–Trinajstić information content (AvgIpc) is 2.49. The molecule has 0 bridgehead atoms. The molecule has 2 atom stereocenters. The number of nitrogens with zero attached hydrogens (tertiary/aromatic N) is 2. The molecule has 3 heteroatoms. The van der Waals surface area contributed by atoms with Crippen molar-refractivity contribution >= 4 is 5.95 Å². The quantitative estimate of drug-likeness (QED) is 0.686. The lowest BCUT2D eigenvalue weighted by molar-refractivity contribution is 0.381. The fraction of sp³-hybridized carbons (Fsp3) is 0.667. The van der Waals surface area contributed by atoms with Crippen LogP contribution in [0.5, 0.6) is 0 Å². The first-order valence-electron chi connectivity index (χ1n) is 4.59. The smallest absolute Gasteiger partial charge is 0.203 e. The van der Waals surface area contributed by atoms with Crippen LogP contribution in [0, 0.1) is 5.92 Å². The lowest BCUT2D eigenvalue weighted by Gasteiger charge is -2.30. The first-order valence-corrected chi connectivity index (χ1v) is 4.59. The van der Waals surface area contributed by atoms with Gasteiger partial charge in [-0.15, -0.1) is 0 Å². The summed E-state index contributed by atoms with van der Waals surface area (Å²) in [5, 5.41) is 3.43. The van der Waals surface area contributed by atoms with Crippen molar-refractivity contribution in [2.75, 3.05) is 5.32 Å². The first-order chi connectivity index (χ1) is 5.81. The van der Waals surface area contributed by atoms with E-state index in [1.165, 1.54) is 6.42 Å². The normalized spacial score (nSPS) is 27.8. The van der Waals surface area contributed by atoms with Gasteiger partial charge in [0.15, 0.2) is 0 Å². The summed E-state index contributed by atoms with van der Waals surface area (Å²) in [7, 11) is 0. The molecule has 0 saturated heterocycles. The second kappa shape index (κ2) is 2.81. The minimum absolute atomic E-state index is 0.597. The molecular weight excluding hydrogens is 150 g/mol. The maximum absolute atomic E-state index is 4.24. The van der Waals surface area contributed by atoms with Gasteiger partial charge in [0, 0.05) is 25.0 Å². The molecule has 1 aromatic rings. The lowest BCUT2D eigenvalue weighted by Crippen LogP contribution is -2.35. The fourth-order valence-electron chi connectivity index (χ4n) is 1.85. The van der Waals surface area contributed by atoms with E-state index in [1.54, 1.807) is 0 Å². The van der Waals surface area contributed by atoms with Gasteiger partial charge in [-0.2, -0.15) is 0 Å². The Labute approximate surface area is 72.8 Å². The molecule has 0 radical (unpaired) electrons. The van der Waals surface area contributed by atoms with E-state index >= 15 is 0 Å². The van der Waals surface area contributed by atoms with E-state index in [-0.39, 0.29) is 0 Å². The molecule has 0 spiro atoms. The minimum Gasteiger partial charge on any atom is -0.353 e. The van der Waals surface area contributed by atoms with E-state index in [4.69, 9.17) is 0 Å². The number of nitrogens with one attached hydrogen (secondary N) is 1. The highest BCUT2D eigenvalue weighted by Gasteiger charge is 2.22. The minimum atomic E-state index is 0.597. The Morgan fingerprint density at radius 2 is 2.58 bits per heavy atom. The van der Waals surface area contributed by atoms with Crippen molar-refractivity contribution in [3.63, 3.8) is 0 Å². The molecule has 0 aromatic carbocycles. The Balaban J connectivity index is 2.23. The highest BCUT2D eigenvalue weighted by Crippen LogP contribution is 2.22. The zero-order valence-electron chi connectivity index (χ0n) is 7.62. The van der Waals surface area contributed by atoms with Crippen molar-refractivity contribution in [2.45, 2.75) is 32.9 Å². The third-order valence-corrected chi connectivity index (χ3v) is 2.64. The van der Waals surface area contributed by atoms with Gasteiger partial charge >= 0.3 is 0 Å². The van der Waals surface area contributed by atoms with E-state index in [2.05, 4.69) is 28.7 Å². The number of hydrogen-bond donors (Lipinski definition) is 1. The Bertz CT molecular complexity index is 266. The van der Waals surface area contributed by atoms with Crippen molar-refractivity contribution in [2.24, 2.45) is 5.92 Å². The lowest BCUT2D eigenvalue weighted by atomic mass is 9.98. The molecule has 1 N–H and O–H groups in total. The van der Waals surface area contributed by atoms with Crippen LogP contribution in [0.4, 0.5) is 5.95 Å². The van der Waals surface area contributed by atoms with Gasteiger partial charge in [-0.05, 0) is 12.3 Å². The summed E-state index contributed by atoms with van der Waals surface area (Å²) in [6.45, 7) is 5.59. The summed E-state index contributed by atoms with van der Waals surface area (Å²) < 4.78 is 2.18. The summed E-state index contributed by atoms with van der Waals surface area (Å²) in [6.07, 6.45) is 5.06. The number of aromatic nitrogens is 2. The summed E-state index contributed by atoms with van der Waals surface area (Å²) in [4.78, 5) is 4.24. The van der Waals surface area contributed by atoms with Gasteiger partial charge in [-0.1, -0.05) is 13.8 Å². The molecule has 1 aromatic heterocycles. The van der Waals surface area contributed by atoms with Crippen molar-refractivity contribution < 1.29 is 0 Å². The Hall–Kier alpha value is -0.990. The van der Waals surface area contributed by atoms with Crippen LogP contribution in [0.25, 0.3) is 0 Å². The highest BCUT2D eigenvalue weighted by molar-refractivity contribution is 5.30. The SMILES string of the molecule is CCC1Nc2nccn2CC1C. The average molecular weight is 165 g/mol. The number of hydrogen-bond acceptors (Lipinski definition) is 2. The summed E-state index contributed by atoms with van der Waals surface area (Å²) in [5.41, 5.74) is 0. The van der Waals surface area contributed by atoms with E-state index in [0.717, 1.165) is 12.5 Å². The molecule has 2 rings (SSSR count). The maximum atomic E-state index is 4.24. The van der Waals surface area contributed by atoms with Gasteiger partial charge in [-0.25, -0.2) is 4.98 Å². The molecular formula is C9H15N3. The largest absolute Gasteiger partial charge is 0.353 e. The van der Waals surface area contributed by atoms with Gasteiger partial charge in [0.2, 0.25) is 5.95 Å². The molecule has 2 heterocycles. The third kappa shape index (κ3) is 1.09. The predicted molar refractivity (Wildman–Crippen MR) is 49.1 cm³/mol. The molecule has 0 fully saturated rings. The van der Waals surface area contributed by atoms with Crippen molar-refractivity contribution in [1.82, 2.24) is 9.55 Å². The molecule has 1 aliphatic rings. The Morgan fingerprint density at radius 1 is 1.75 bits per heavy atom. The zero-order valence-corrected chi connectivity index (χ0v) is 7.62. The van der Waals surface area contributed by atoms with Crippen LogP contribution in [0.1, 0.15) is 20.3 Å². The maximum Gasteiger partial charge on any atom is 0.203 e. The molecule has 0 saturated carbocycles. The number of fused-ring (bicyclic) bond motifs is 1. The van der Waals surface area contributed by atoms with Crippen molar-refractivity contribution in [3.8, 4) is 0 Å². The van der Waals surface area contributed by atoms with Crippen LogP contribution in [-0.2, 0) is 6.54 Å². The molecule has 3 nitrogen and oxygen atoms in total.